The van der Waals surface area contributed by atoms with Crippen molar-refractivity contribution in [3.63, 3.8) is 0 Å². The minimum absolute atomic E-state index is 0.159. The number of aromatic nitrogens is 2. The van der Waals surface area contributed by atoms with E-state index in [1.54, 1.807) is 59.2 Å². The van der Waals surface area contributed by atoms with Crippen molar-refractivity contribution in [2.75, 3.05) is 10.6 Å². The number of urea groups is 1. The summed E-state index contributed by atoms with van der Waals surface area (Å²) in [7, 11) is 0. The first-order valence-electron chi connectivity index (χ1n) is 10.5. The number of amides is 2. The number of anilines is 2. The molecule has 8 heteroatoms. The van der Waals surface area contributed by atoms with Crippen LogP contribution in [0.5, 0.6) is 0 Å². The largest absolute Gasteiger partial charge is 0.323 e. The summed E-state index contributed by atoms with van der Waals surface area (Å²) in [6.07, 6.45) is 1.54. The Morgan fingerprint density at radius 3 is 2.48 bits per heavy atom. The van der Waals surface area contributed by atoms with Crippen LogP contribution < -0.4 is 16.2 Å². The number of benzene rings is 3. The van der Waals surface area contributed by atoms with E-state index in [4.69, 9.17) is 28.2 Å². The van der Waals surface area contributed by atoms with Crippen LogP contribution in [0.4, 0.5) is 16.2 Å². The van der Waals surface area contributed by atoms with Crippen LogP contribution in [-0.2, 0) is 13.0 Å². The van der Waals surface area contributed by atoms with Gasteiger partial charge < -0.3 is 10.6 Å². The van der Waals surface area contributed by atoms with Crippen LogP contribution in [0.25, 0.3) is 10.9 Å². The average molecular weight is 481 g/mol. The molecular formula is C25H22Cl2N4O2. The Morgan fingerprint density at radius 1 is 1.00 bits per heavy atom. The van der Waals surface area contributed by atoms with Crippen molar-refractivity contribution in [3.05, 3.63) is 98.5 Å². The monoisotopic (exact) mass is 480 g/mol. The lowest BCUT2D eigenvalue weighted by atomic mass is 10.1. The van der Waals surface area contributed by atoms with Crippen molar-refractivity contribution >= 4 is 51.5 Å². The number of nitrogens with zero attached hydrogens (tertiary/aromatic N) is 2. The summed E-state index contributed by atoms with van der Waals surface area (Å²) in [6, 6.07) is 19.0. The van der Waals surface area contributed by atoms with Gasteiger partial charge in [0, 0.05) is 17.1 Å². The molecule has 0 bridgehead atoms. The smallest absolute Gasteiger partial charge is 0.308 e. The average Bonchev–Trinajstić information content (AvgIpc) is 2.80. The predicted molar refractivity (Wildman–Crippen MR) is 135 cm³/mol. The van der Waals surface area contributed by atoms with Gasteiger partial charge >= 0.3 is 6.03 Å². The molecule has 1 heterocycles. The van der Waals surface area contributed by atoms with E-state index in [0.29, 0.717) is 45.3 Å². The van der Waals surface area contributed by atoms with Gasteiger partial charge in [0.1, 0.15) is 5.82 Å². The Kier molecular flexibility index (Phi) is 6.96. The molecular weight excluding hydrogens is 459 g/mol. The lowest BCUT2D eigenvalue weighted by molar-refractivity contribution is 0.262. The SMILES string of the molecule is CCCc1nc2ccc(NC(=O)Nc3ccccc3Cl)cc2c(=O)n1Cc1ccc(Cl)cc1. The summed E-state index contributed by atoms with van der Waals surface area (Å²) >= 11 is 12.1. The van der Waals surface area contributed by atoms with E-state index >= 15 is 0 Å². The molecule has 0 unspecified atom stereocenters. The number of nitrogens with one attached hydrogen (secondary N) is 2. The van der Waals surface area contributed by atoms with Gasteiger partial charge in [-0.05, 0) is 54.4 Å². The number of carbonyl (C=O) groups excluding carboxylic acids is 1. The Balaban J connectivity index is 1.66. The number of fused-ring (bicyclic) bond motifs is 1. The van der Waals surface area contributed by atoms with E-state index in [2.05, 4.69) is 10.6 Å². The molecule has 0 aliphatic heterocycles. The summed E-state index contributed by atoms with van der Waals surface area (Å²) in [6.45, 7) is 2.44. The van der Waals surface area contributed by atoms with Crippen LogP contribution in [0, 0.1) is 0 Å². The summed E-state index contributed by atoms with van der Waals surface area (Å²) < 4.78 is 1.68. The number of halogens is 2. The standard InChI is InChI=1S/C25H22Cl2N4O2/c1-2-5-23-29-21-13-12-18(28-25(33)30-22-7-4-3-6-20(22)27)14-19(21)24(32)31(23)15-16-8-10-17(26)11-9-16/h3-4,6-14H,2,5,15H2,1H3,(H2,28,30,33). The third-order valence-corrected chi connectivity index (χ3v) is 5.72. The molecule has 1 aromatic heterocycles. The van der Waals surface area contributed by atoms with Gasteiger partial charge in [-0.15, -0.1) is 0 Å². The zero-order valence-electron chi connectivity index (χ0n) is 17.9. The summed E-state index contributed by atoms with van der Waals surface area (Å²) in [5.41, 5.74) is 2.36. The normalized spacial score (nSPS) is 10.9. The number of para-hydroxylation sites is 1. The Labute approximate surface area is 201 Å². The Bertz CT molecular complexity index is 1370. The van der Waals surface area contributed by atoms with Crippen LogP contribution in [0.15, 0.2) is 71.5 Å². The Morgan fingerprint density at radius 2 is 1.76 bits per heavy atom. The van der Waals surface area contributed by atoms with Gasteiger partial charge in [0.05, 0.1) is 28.2 Å². The molecule has 0 spiro atoms. The second-order valence-electron chi connectivity index (χ2n) is 7.59. The van der Waals surface area contributed by atoms with Gasteiger partial charge in [-0.25, -0.2) is 9.78 Å². The topological polar surface area (TPSA) is 76.0 Å². The quantitative estimate of drug-likeness (QED) is 0.337. The molecule has 4 aromatic rings. The maximum atomic E-state index is 13.4. The minimum Gasteiger partial charge on any atom is -0.308 e. The van der Waals surface area contributed by atoms with Gasteiger partial charge in [-0.3, -0.25) is 9.36 Å². The first-order valence-corrected chi connectivity index (χ1v) is 11.3. The van der Waals surface area contributed by atoms with Crippen molar-refractivity contribution in [2.45, 2.75) is 26.3 Å². The second kappa shape index (κ2) is 10.1. The second-order valence-corrected chi connectivity index (χ2v) is 8.43. The molecule has 0 saturated heterocycles. The molecule has 168 valence electrons. The first kappa shape index (κ1) is 22.8. The van der Waals surface area contributed by atoms with Crippen LogP contribution in [0.2, 0.25) is 10.0 Å². The number of carbonyl (C=O) groups is 1. The van der Waals surface area contributed by atoms with E-state index in [0.717, 1.165) is 17.8 Å². The van der Waals surface area contributed by atoms with E-state index in [9.17, 15) is 9.59 Å². The zero-order chi connectivity index (χ0) is 23.4. The third-order valence-electron chi connectivity index (χ3n) is 5.14. The maximum absolute atomic E-state index is 13.4. The van der Waals surface area contributed by atoms with Crippen LogP contribution in [0.1, 0.15) is 24.7 Å². The molecule has 2 amide bonds. The van der Waals surface area contributed by atoms with Crippen molar-refractivity contribution in [2.24, 2.45) is 0 Å². The fourth-order valence-electron chi connectivity index (χ4n) is 3.54. The highest BCUT2D eigenvalue weighted by Crippen LogP contribution is 2.21. The molecule has 0 aliphatic rings. The van der Waals surface area contributed by atoms with Crippen molar-refractivity contribution in [1.82, 2.24) is 9.55 Å². The van der Waals surface area contributed by atoms with E-state index < -0.39 is 6.03 Å². The third kappa shape index (κ3) is 5.35. The van der Waals surface area contributed by atoms with Gasteiger partial charge in [-0.2, -0.15) is 0 Å². The first-order chi connectivity index (χ1) is 15.9. The molecule has 0 fully saturated rings. The number of hydrogen-bond donors (Lipinski definition) is 2. The fourth-order valence-corrected chi connectivity index (χ4v) is 3.85. The highest BCUT2D eigenvalue weighted by Gasteiger charge is 2.13. The van der Waals surface area contributed by atoms with Crippen molar-refractivity contribution in [1.29, 1.82) is 0 Å². The van der Waals surface area contributed by atoms with Gasteiger partial charge in [0.2, 0.25) is 0 Å². The molecule has 2 N–H and O–H groups in total. The van der Waals surface area contributed by atoms with Crippen molar-refractivity contribution in [3.8, 4) is 0 Å². The summed E-state index contributed by atoms with van der Waals surface area (Å²) in [5.74, 6) is 0.724. The fraction of sp³-hybridized carbons (Fsp3) is 0.160. The summed E-state index contributed by atoms with van der Waals surface area (Å²) in [5, 5.41) is 6.96. The highest BCUT2D eigenvalue weighted by molar-refractivity contribution is 6.33. The van der Waals surface area contributed by atoms with Crippen molar-refractivity contribution < 1.29 is 4.79 Å². The molecule has 0 radical (unpaired) electrons. The van der Waals surface area contributed by atoms with Crippen LogP contribution in [-0.4, -0.2) is 15.6 Å². The van der Waals surface area contributed by atoms with E-state index in [1.165, 1.54) is 0 Å². The maximum Gasteiger partial charge on any atom is 0.323 e. The Hall–Kier alpha value is -3.35. The highest BCUT2D eigenvalue weighted by atomic mass is 35.5. The molecule has 6 nitrogen and oxygen atoms in total. The number of hydrogen-bond acceptors (Lipinski definition) is 3. The predicted octanol–water partition coefficient (Wildman–Crippen LogP) is 6.35. The van der Waals surface area contributed by atoms with Crippen LogP contribution >= 0.6 is 23.2 Å². The molecule has 4 rings (SSSR count). The van der Waals surface area contributed by atoms with Crippen LogP contribution in [0.3, 0.4) is 0 Å². The summed E-state index contributed by atoms with van der Waals surface area (Å²) in [4.78, 5) is 30.6. The minimum atomic E-state index is -0.459. The zero-order valence-corrected chi connectivity index (χ0v) is 19.5. The van der Waals surface area contributed by atoms with Gasteiger partial charge in [0.15, 0.2) is 0 Å². The molecule has 0 atom stereocenters. The lowest BCUT2D eigenvalue weighted by Gasteiger charge is -2.14. The molecule has 33 heavy (non-hydrogen) atoms. The van der Waals surface area contributed by atoms with Gasteiger partial charge in [0.25, 0.3) is 5.56 Å². The van der Waals surface area contributed by atoms with Gasteiger partial charge in [-0.1, -0.05) is 54.4 Å². The number of rotatable bonds is 6. The number of aryl methyl sites for hydroxylation is 1. The molecule has 0 saturated carbocycles. The van der Waals surface area contributed by atoms with E-state index in [-0.39, 0.29) is 5.56 Å². The molecule has 0 aliphatic carbocycles. The lowest BCUT2D eigenvalue weighted by Crippen LogP contribution is -2.26. The van der Waals surface area contributed by atoms with E-state index in [1.807, 2.05) is 19.1 Å². The molecule has 3 aromatic carbocycles.